The van der Waals surface area contributed by atoms with Gasteiger partial charge in [-0.15, -0.1) is 0 Å². The molecule has 1 aliphatic rings. The molecular weight excluding hydrogens is 378 g/mol. The number of nitrogens with zero attached hydrogens (tertiary/aromatic N) is 1. The first-order valence-corrected chi connectivity index (χ1v) is 8.80. The summed E-state index contributed by atoms with van der Waals surface area (Å²) in [4.78, 5) is 11.9. The van der Waals surface area contributed by atoms with E-state index in [4.69, 9.17) is 11.6 Å². The minimum atomic E-state index is -0.172. The molecule has 0 saturated carbocycles. The lowest BCUT2D eigenvalue weighted by atomic mass is 9.87. The Morgan fingerprint density at radius 3 is 2.91 bits per heavy atom. The van der Waals surface area contributed by atoms with Gasteiger partial charge in [0.2, 0.25) is 0 Å². The van der Waals surface area contributed by atoms with Crippen LogP contribution in [0.4, 0.5) is 5.69 Å². The van der Waals surface area contributed by atoms with E-state index in [9.17, 15) is 4.79 Å². The van der Waals surface area contributed by atoms with E-state index in [0.29, 0.717) is 10.9 Å². The fourth-order valence-electron chi connectivity index (χ4n) is 2.43. The smallest absolute Gasteiger partial charge is 0.259 e. The maximum atomic E-state index is 11.9. The van der Waals surface area contributed by atoms with Crippen LogP contribution in [0.3, 0.4) is 0 Å². The summed E-state index contributed by atoms with van der Waals surface area (Å²) in [5, 5.41) is 7.93. The number of carbonyl (C=O) groups excluding carboxylic acids is 1. The molecule has 1 aromatic rings. The third kappa shape index (κ3) is 5.66. The zero-order valence-corrected chi connectivity index (χ0v) is 15.7. The summed E-state index contributed by atoms with van der Waals surface area (Å²) in [6, 6.07) is 5.38. The van der Waals surface area contributed by atoms with E-state index in [1.54, 1.807) is 12.1 Å². The molecule has 0 fully saturated rings. The Hall–Kier alpha value is -1.33. The molecule has 0 bridgehead atoms. The van der Waals surface area contributed by atoms with Crippen LogP contribution in [0, 0.1) is 5.92 Å². The van der Waals surface area contributed by atoms with Crippen LogP contribution in [0.2, 0.25) is 5.02 Å². The van der Waals surface area contributed by atoms with Crippen LogP contribution in [-0.2, 0) is 4.79 Å². The number of nitrogens with one attached hydrogen (secondary N) is 2. The van der Waals surface area contributed by atoms with Gasteiger partial charge in [-0.05, 0) is 67.2 Å². The fraction of sp³-hybridized carbons (Fsp3) is 0.412. The van der Waals surface area contributed by atoms with E-state index in [2.05, 4.69) is 44.8 Å². The van der Waals surface area contributed by atoms with Crippen LogP contribution in [-0.4, -0.2) is 18.2 Å². The van der Waals surface area contributed by atoms with E-state index in [1.165, 1.54) is 5.57 Å². The summed E-state index contributed by atoms with van der Waals surface area (Å²) >= 11 is 9.29. The molecule has 0 heterocycles. The molecule has 0 radical (unpaired) electrons. The molecule has 0 aromatic heterocycles. The molecule has 1 aliphatic carbocycles. The number of benzene rings is 1. The predicted octanol–water partition coefficient (Wildman–Crippen LogP) is 4.75. The molecular formula is C17H21BrClN3O. The summed E-state index contributed by atoms with van der Waals surface area (Å²) in [6.07, 6.45) is 5.47. The van der Waals surface area contributed by atoms with Gasteiger partial charge >= 0.3 is 0 Å². The molecule has 0 spiro atoms. The Morgan fingerprint density at radius 2 is 2.26 bits per heavy atom. The van der Waals surface area contributed by atoms with Gasteiger partial charge in [0.15, 0.2) is 0 Å². The van der Waals surface area contributed by atoms with Crippen molar-refractivity contribution in [2.45, 2.75) is 33.1 Å². The Balaban J connectivity index is 1.81. The van der Waals surface area contributed by atoms with Crippen LogP contribution in [0.1, 0.15) is 33.1 Å². The maximum absolute atomic E-state index is 11.9. The fourth-order valence-corrected chi connectivity index (χ4v) is 3.26. The normalized spacial score (nSPS) is 18.3. The Morgan fingerprint density at radius 1 is 1.48 bits per heavy atom. The Kier molecular flexibility index (Phi) is 6.66. The van der Waals surface area contributed by atoms with Crippen molar-refractivity contribution in [3.05, 3.63) is 39.3 Å². The highest BCUT2D eigenvalue weighted by molar-refractivity contribution is 9.10. The van der Waals surface area contributed by atoms with E-state index in [0.717, 1.165) is 35.1 Å². The van der Waals surface area contributed by atoms with E-state index in [1.807, 2.05) is 13.0 Å². The molecule has 2 rings (SSSR count). The van der Waals surface area contributed by atoms with Gasteiger partial charge in [0.05, 0.1) is 6.54 Å². The first-order chi connectivity index (χ1) is 11.0. The summed E-state index contributed by atoms with van der Waals surface area (Å²) in [7, 11) is 0. The molecule has 1 aromatic carbocycles. The van der Waals surface area contributed by atoms with Gasteiger partial charge in [-0.2, -0.15) is 5.10 Å². The molecule has 4 nitrogen and oxygen atoms in total. The number of hydrogen-bond donors (Lipinski definition) is 2. The van der Waals surface area contributed by atoms with Crippen LogP contribution in [0.25, 0.3) is 0 Å². The minimum Gasteiger partial charge on any atom is -0.375 e. The Bertz CT molecular complexity index is 643. The van der Waals surface area contributed by atoms with Gasteiger partial charge in [-0.3, -0.25) is 4.79 Å². The summed E-state index contributed by atoms with van der Waals surface area (Å²) in [5.41, 5.74) is 5.86. The quantitative estimate of drug-likeness (QED) is 0.427. The van der Waals surface area contributed by atoms with Crippen LogP contribution in [0.15, 0.2) is 39.4 Å². The SMILES string of the molecule is CC1=CC[C@@H](/C(C)=N\NC(=O)CNc2ccc(Cl)cc2Br)CC1. The van der Waals surface area contributed by atoms with Crippen molar-refractivity contribution in [3.63, 3.8) is 0 Å². The van der Waals surface area contributed by atoms with Crippen molar-refractivity contribution in [2.75, 3.05) is 11.9 Å². The average Bonchev–Trinajstić information content (AvgIpc) is 2.52. The topological polar surface area (TPSA) is 53.5 Å². The zero-order chi connectivity index (χ0) is 16.8. The van der Waals surface area contributed by atoms with E-state index < -0.39 is 0 Å². The number of hydrogen-bond acceptors (Lipinski definition) is 3. The maximum Gasteiger partial charge on any atom is 0.259 e. The minimum absolute atomic E-state index is 0.153. The highest BCUT2D eigenvalue weighted by Crippen LogP contribution is 2.26. The standard InChI is InChI=1S/C17H21BrClN3O/c1-11-3-5-13(6-4-11)12(2)21-22-17(23)10-20-16-8-7-14(19)9-15(16)18/h3,7-9,13,20H,4-6,10H2,1-2H3,(H,22,23)/b21-12-/t13-/m1/s1. The van der Waals surface area contributed by atoms with Gasteiger partial charge in [0, 0.05) is 26.8 Å². The Labute approximate surface area is 150 Å². The highest BCUT2D eigenvalue weighted by atomic mass is 79.9. The van der Waals surface area contributed by atoms with E-state index >= 15 is 0 Å². The predicted molar refractivity (Wildman–Crippen MR) is 100.0 cm³/mol. The summed E-state index contributed by atoms with van der Waals surface area (Å²) in [5.74, 6) is 0.256. The van der Waals surface area contributed by atoms with Gasteiger partial charge in [-0.25, -0.2) is 5.43 Å². The number of anilines is 1. The number of halogens is 2. The van der Waals surface area contributed by atoms with Crippen LogP contribution >= 0.6 is 27.5 Å². The lowest BCUT2D eigenvalue weighted by Crippen LogP contribution is -2.28. The third-order valence-electron chi connectivity index (χ3n) is 3.96. The molecule has 23 heavy (non-hydrogen) atoms. The second-order valence-corrected chi connectivity index (χ2v) is 7.08. The molecule has 124 valence electrons. The second kappa shape index (κ2) is 8.50. The van der Waals surface area contributed by atoms with Crippen molar-refractivity contribution in [3.8, 4) is 0 Å². The van der Waals surface area contributed by atoms with Crippen molar-refractivity contribution in [1.82, 2.24) is 5.43 Å². The number of rotatable bonds is 5. The van der Waals surface area contributed by atoms with Crippen molar-refractivity contribution < 1.29 is 4.79 Å². The van der Waals surface area contributed by atoms with Gasteiger partial charge < -0.3 is 5.32 Å². The first-order valence-electron chi connectivity index (χ1n) is 7.63. The largest absolute Gasteiger partial charge is 0.375 e. The lowest BCUT2D eigenvalue weighted by Gasteiger charge is -2.20. The molecule has 0 unspecified atom stereocenters. The monoisotopic (exact) mass is 397 g/mol. The number of allylic oxidation sites excluding steroid dienone is 2. The first kappa shape index (κ1) is 18.0. The van der Waals surface area contributed by atoms with Crippen molar-refractivity contribution in [2.24, 2.45) is 11.0 Å². The average molecular weight is 399 g/mol. The molecule has 1 amide bonds. The highest BCUT2D eigenvalue weighted by Gasteiger charge is 2.15. The molecule has 0 saturated heterocycles. The lowest BCUT2D eigenvalue weighted by molar-refractivity contribution is -0.119. The van der Waals surface area contributed by atoms with Gasteiger partial charge in [-0.1, -0.05) is 23.3 Å². The van der Waals surface area contributed by atoms with Gasteiger partial charge in [0.25, 0.3) is 5.91 Å². The van der Waals surface area contributed by atoms with Crippen LogP contribution < -0.4 is 10.7 Å². The van der Waals surface area contributed by atoms with Crippen LogP contribution in [0.5, 0.6) is 0 Å². The zero-order valence-electron chi connectivity index (χ0n) is 13.3. The number of amides is 1. The second-order valence-electron chi connectivity index (χ2n) is 5.79. The third-order valence-corrected chi connectivity index (χ3v) is 4.85. The van der Waals surface area contributed by atoms with Gasteiger partial charge in [0.1, 0.15) is 0 Å². The van der Waals surface area contributed by atoms with Crippen molar-refractivity contribution >= 4 is 44.8 Å². The molecule has 1 atom stereocenters. The van der Waals surface area contributed by atoms with Crippen molar-refractivity contribution in [1.29, 1.82) is 0 Å². The van der Waals surface area contributed by atoms with E-state index in [-0.39, 0.29) is 12.5 Å². The molecule has 6 heteroatoms. The number of carbonyl (C=O) groups is 1. The molecule has 2 N–H and O–H groups in total. The molecule has 0 aliphatic heterocycles. The summed E-state index contributed by atoms with van der Waals surface area (Å²) < 4.78 is 0.821. The summed E-state index contributed by atoms with van der Waals surface area (Å²) in [6.45, 7) is 4.29. The number of hydrazone groups is 1.